The number of nitrogens with zero attached hydrogens (tertiary/aromatic N) is 2. The van der Waals surface area contributed by atoms with Crippen molar-refractivity contribution in [1.29, 1.82) is 0 Å². The molecule has 2 N–H and O–H groups in total. The highest BCUT2D eigenvalue weighted by molar-refractivity contribution is 7.89. The van der Waals surface area contributed by atoms with Gasteiger partial charge in [-0.2, -0.15) is 4.31 Å². The second kappa shape index (κ2) is 7.88. The van der Waals surface area contributed by atoms with Crippen LogP contribution >= 0.6 is 0 Å². The fourth-order valence-corrected chi connectivity index (χ4v) is 3.47. The van der Waals surface area contributed by atoms with Crippen LogP contribution in [0.4, 0.5) is 11.4 Å². The van der Waals surface area contributed by atoms with Crippen LogP contribution in [0, 0.1) is 10.1 Å². The molecule has 0 aliphatic heterocycles. The van der Waals surface area contributed by atoms with Crippen LogP contribution in [-0.2, 0) is 14.8 Å². The van der Waals surface area contributed by atoms with E-state index in [4.69, 9.17) is 5.11 Å². The first-order valence-corrected chi connectivity index (χ1v) is 8.42. The number of carboxylic acid groups (broad SMARTS) is 1. The van der Waals surface area contributed by atoms with Gasteiger partial charge < -0.3 is 10.4 Å². The normalized spacial score (nSPS) is 11.4. The summed E-state index contributed by atoms with van der Waals surface area (Å²) < 4.78 is 26.0. The number of nitro groups is 1. The molecule has 0 atom stereocenters. The lowest BCUT2D eigenvalue weighted by Gasteiger charge is -2.18. The Morgan fingerprint density at radius 3 is 2.43 bits per heavy atom. The van der Waals surface area contributed by atoms with Crippen molar-refractivity contribution in [2.24, 2.45) is 0 Å². The largest absolute Gasteiger partial charge is 0.481 e. The first kappa shape index (κ1) is 18.8. The molecule has 0 spiro atoms. The number of hydrogen-bond donors (Lipinski definition) is 2. The van der Waals surface area contributed by atoms with Gasteiger partial charge in [0.25, 0.3) is 5.69 Å². The maximum Gasteiger partial charge on any atom is 0.305 e. The number of carbonyl (C=O) groups is 1. The minimum Gasteiger partial charge on any atom is -0.481 e. The molecule has 0 amide bonds. The smallest absolute Gasteiger partial charge is 0.305 e. The van der Waals surface area contributed by atoms with Gasteiger partial charge in [0.1, 0.15) is 5.69 Å². The standard InChI is InChI=1S/C13H19N3O6S/c1-3-15(4-2)23(21,22)10-5-6-11(12(9-10)16(19)20)14-8-7-13(17)18/h5-6,9,14H,3-4,7-8H2,1-2H3,(H,17,18). The molecule has 0 aliphatic carbocycles. The van der Waals surface area contributed by atoms with Crippen LogP contribution in [-0.4, -0.2) is 48.4 Å². The van der Waals surface area contributed by atoms with Gasteiger partial charge in [0.05, 0.1) is 16.2 Å². The minimum absolute atomic E-state index is 0.00167. The molecule has 0 fully saturated rings. The van der Waals surface area contributed by atoms with Crippen molar-refractivity contribution < 1.29 is 23.2 Å². The van der Waals surface area contributed by atoms with Crippen LogP contribution < -0.4 is 5.32 Å². The predicted octanol–water partition coefficient (Wildman–Crippen LogP) is 1.51. The summed E-state index contributed by atoms with van der Waals surface area (Å²) in [5.41, 5.74) is -0.335. The van der Waals surface area contributed by atoms with Gasteiger partial charge in [-0.25, -0.2) is 8.42 Å². The van der Waals surface area contributed by atoms with Gasteiger partial charge in [0, 0.05) is 25.7 Å². The van der Waals surface area contributed by atoms with E-state index in [1.165, 1.54) is 16.4 Å². The van der Waals surface area contributed by atoms with Crippen LogP contribution in [0.1, 0.15) is 20.3 Å². The topological polar surface area (TPSA) is 130 Å². The molecule has 0 aromatic heterocycles. The van der Waals surface area contributed by atoms with E-state index in [1.54, 1.807) is 13.8 Å². The molecule has 0 saturated heterocycles. The van der Waals surface area contributed by atoms with E-state index >= 15 is 0 Å². The van der Waals surface area contributed by atoms with Gasteiger partial charge in [-0.05, 0) is 12.1 Å². The van der Waals surface area contributed by atoms with Crippen molar-refractivity contribution in [3.8, 4) is 0 Å². The Bertz CT molecular complexity index is 685. The number of hydrogen-bond acceptors (Lipinski definition) is 6. The zero-order valence-electron chi connectivity index (χ0n) is 12.9. The zero-order chi connectivity index (χ0) is 17.6. The summed E-state index contributed by atoms with van der Waals surface area (Å²) >= 11 is 0. The Kier molecular flexibility index (Phi) is 6.46. The molecule has 1 aromatic rings. The average Bonchev–Trinajstić information content (AvgIpc) is 2.47. The molecule has 0 saturated carbocycles. The molecule has 1 rings (SSSR count). The molecular weight excluding hydrogens is 326 g/mol. The summed E-state index contributed by atoms with van der Waals surface area (Å²) in [6, 6.07) is 3.52. The van der Waals surface area contributed by atoms with E-state index in [9.17, 15) is 23.3 Å². The molecule has 9 nitrogen and oxygen atoms in total. The van der Waals surface area contributed by atoms with Gasteiger partial charge in [0.15, 0.2) is 0 Å². The van der Waals surface area contributed by atoms with Crippen LogP contribution in [0.25, 0.3) is 0 Å². The third-order valence-corrected chi connectivity index (χ3v) is 5.21. The van der Waals surface area contributed by atoms with Crippen LogP contribution in [0.2, 0.25) is 0 Å². The van der Waals surface area contributed by atoms with E-state index in [0.717, 1.165) is 6.07 Å². The number of sulfonamides is 1. The Balaban J connectivity index is 3.18. The van der Waals surface area contributed by atoms with E-state index in [1.807, 2.05) is 0 Å². The highest BCUT2D eigenvalue weighted by Crippen LogP contribution is 2.28. The first-order chi connectivity index (χ1) is 10.7. The zero-order valence-corrected chi connectivity index (χ0v) is 13.7. The van der Waals surface area contributed by atoms with Crippen LogP contribution in [0.3, 0.4) is 0 Å². The minimum atomic E-state index is -3.80. The molecular formula is C13H19N3O6S. The van der Waals surface area contributed by atoms with Gasteiger partial charge >= 0.3 is 5.97 Å². The molecule has 0 heterocycles. The molecule has 0 bridgehead atoms. The molecule has 0 unspecified atom stereocenters. The molecule has 10 heteroatoms. The van der Waals surface area contributed by atoms with Gasteiger partial charge in [0.2, 0.25) is 10.0 Å². The van der Waals surface area contributed by atoms with Gasteiger partial charge in [-0.15, -0.1) is 0 Å². The summed E-state index contributed by atoms with van der Waals surface area (Å²) in [6.07, 6.45) is -0.212. The van der Waals surface area contributed by atoms with Crippen molar-refractivity contribution in [3.05, 3.63) is 28.3 Å². The maximum absolute atomic E-state index is 12.4. The number of aliphatic carboxylic acids is 1. The van der Waals surface area contributed by atoms with E-state index in [-0.39, 0.29) is 36.6 Å². The Morgan fingerprint density at radius 2 is 1.96 bits per heavy atom. The van der Waals surface area contributed by atoms with Gasteiger partial charge in [-0.3, -0.25) is 14.9 Å². The summed E-state index contributed by atoms with van der Waals surface area (Å²) in [7, 11) is -3.80. The molecule has 0 radical (unpaired) electrons. The molecule has 128 valence electrons. The third kappa shape index (κ3) is 4.63. The van der Waals surface area contributed by atoms with Crippen LogP contribution in [0.15, 0.2) is 23.1 Å². The van der Waals surface area contributed by atoms with Crippen LogP contribution in [0.5, 0.6) is 0 Å². The monoisotopic (exact) mass is 345 g/mol. The Labute approximate surface area is 134 Å². The lowest BCUT2D eigenvalue weighted by Crippen LogP contribution is -2.30. The first-order valence-electron chi connectivity index (χ1n) is 6.98. The quantitative estimate of drug-likeness (QED) is 0.512. The lowest BCUT2D eigenvalue weighted by atomic mass is 10.2. The predicted molar refractivity (Wildman–Crippen MR) is 83.9 cm³/mol. The SMILES string of the molecule is CCN(CC)S(=O)(=O)c1ccc(NCCC(=O)O)c([N+](=O)[O-])c1. The number of carboxylic acids is 1. The lowest BCUT2D eigenvalue weighted by molar-refractivity contribution is -0.384. The second-order valence-electron chi connectivity index (χ2n) is 4.60. The highest BCUT2D eigenvalue weighted by atomic mass is 32.2. The number of benzene rings is 1. The van der Waals surface area contributed by atoms with Crippen molar-refractivity contribution in [3.63, 3.8) is 0 Å². The highest BCUT2D eigenvalue weighted by Gasteiger charge is 2.25. The summed E-state index contributed by atoms with van der Waals surface area (Å²) in [4.78, 5) is 20.8. The third-order valence-electron chi connectivity index (χ3n) is 3.16. The summed E-state index contributed by atoms with van der Waals surface area (Å²) in [5.74, 6) is -1.04. The Morgan fingerprint density at radius 1 is 1.35 bits per heavy atom. The summed E-state index contributed by atoms with van der Waals surface area (Å²) in [6.45, 7) is 3.86. The number of nitro benzene ring substituents is 1. The number of rotatable bonds is 9. The fourth-order valence-electron chi connectivity index (χ4n) is 1.99. The van der Waals surface area contributed by atoms with Crippen molar-refractivity contribution in [1.82, 2.24) is 4.31 Å². The van der Waals surface area contributed by atoms with E-state index < -0.39 is 26.6 Å². The second-order valence-corrected chi connectivity index (χ2v) is 6.53. The molecule has 23 heavy (non-hydrogen) atoms. The van der Waals surface area contributed by atoms with Crippen molar-refractivity contribution in [2.75, 3.05) is 25.0 Å². The Hall–Kier alpha value is -2.20. The average molecular weight is 345 g/mol. The van der Waals surface area contributed by atoms with Gasteiger partial charge in [-0.1, -0.05) is 13.8 Å². The molecule has 1 aromatic carbocycles. The fraction of sp³-hybridized carbons (Fsp3) is 0.462. The maximum atomic E-state index is 12.4. The number of nitrogens with one attached hydrogen (secondary N) is 1. The summed E-state index contributed by atoms with van der Waals surface area (Å²) in [5, 5.41) is 22.4. The van der Waals surface area contributed by atoms with E-state index in [0.29, 0.717) is 0 Å². The number of anilines is 1. The molecule has 0 aliphatic rings. The van der Waals surface area contributed by atoms with Crippen molar-refractivity contribution in [2.45, 2.75) is 25.2 Å². The van der Waals surface area contributed by atoms with E-state index in [2.05, 4.69) is 5.32 Å². The van der Waals surface area contributed by atoms with Crippen molar-refractivity contribution >= 4 is 27.4 Å².